The van der Waals surface area contributed by atoms with Gasteiger partial charge >= 0.3 is 0 Å². The highest BCUT2D eigenvalue weighted by Crippen LogP contribution is 2.28. The zero-order chi connectivity index (χ0) is 8.20. The van der Waals surface area contributed by atoms with Crippen molar-refractivity contribution in [2.45, 2.75) is 44.1 Å². The normalized spacial score (nSPS) is 15.3. The van der Waals surface area contributed by atoms with Gasteiger partial charge in [-0.15, -0.1) is 0 Å². The van der Waals surface area contributed by atoms with E-state index in [9.17, 15) is 0 Å². The maximum absolute atomic E-state index is 8.62. The third kappa shape index (κ3) is 6.43. The summed E-state index contributed by atoms with van der Waals surface area (Å²) < 4.78 is 0.328. The van der Waals surface area contributed by atoms with E-state index in [1.165, 1.54) is 0 Å². The summed E-state index contributed by atoms with van der Waals surface area (Å²) in [4.78, 5) is 0. The zero-order valence-electron chi connectivity index (χ0n) is 7.35. The van der Waals surface area contributed by atoms with E-state index >= 15 is 0 Å². The molecule has 0 aliphatic rings. The maximum atomic E-state index is 8.62. The minimum atomic E-state index is 0.310. The van der Waals surface area contributed by atoms with Gasteiger partial charge < -0.3 is 5.11 Å². The Kier molecular flexibility index (Phi) is 4.37. The molecule has 10 heavy (non-hydrogen) atoms. The molecule has 0 aromatic heterocycles. The number of rotatable bonds is 3. The van der Waals surface area contributed by atoms with E-state index in [2.05, 4.69) is 27.7 Å². The van der Waals surface area contributed by atoms with Gasteiger partial charge in [0.2, 0.25) is 0 Å². The van der Waals surface area contributed by atoms with E-state index in [0.717, 1.165) is 6.42 Å². The molecule has 0 aliphatic carbocycles. The van der Waals surface area contributed by atoms with Crippen molar-refractivity contribution in [2.24, 2.45) is 0 Å². The topological polar surface area (TPSA) is 20.2 Å². The van der Waals surface area contributed by atoms with Crippen molar-refractivity contribution in [1.82, 2.24) is 0 Å². The highest BCUT2D eigenvalue weighted by Gasteiger charge is 2.14. The first-order chi connectivity index (χ1) is 4.45. The van der Waals surface area contributed by atoms with Crippen LogP contribution in [0.25, 0.3) is 0 Å². The molecule has 1 nitrogen and oxygen atoms in total. The summed E-state index contributed by atoms with van der Waals surface area (Å²) in [5, 5.41) is 9.19. The van der Waals surface area contributed by atoms with Gasteiger partial charge in [-0.25, -0.2) is 0 Å². The number of hydrogen-bond donors (Lipinski definition) is 1. The van der Waals surface area contributed by atoms with Gasteiger partial charge in [-0.3, -0.25) is 0 Å². The molecule has 0 rings (SSSR count). The molecule has 1 N–H and O–H groups in total. The average molecular weight is 162 g/mol. The smallest absolute Gasteiger partial charge is 0.0441 e. The van der Waals surface area contributed by atoms with Crippen LogP contribution in [-0.2, 0) is 0 Å². The highest BCUT2D eigenvalue weighted by atomic mass is 32.2. The molecule has 0 radical (unpaired) electrons. The summed E-state index contributed by atoms with van der Waals surface area (Å²) in [6.07, 6.45) is 0.905. The number of thioether (sulfide) groups is 1. The highest BCUT2D eigenvalue weighted by molar-refractivity contribution is 8.01. The lowest BCUT2D eigenvalue weighted by molar-refractivity contribution is 0.288. The fraction of sp³-hybridized carbons (Fsp3) is 1.00. The molecule has 0 aromatic rings. The molecule has 0 saturated heterocycles. The Morgan fingerprint density at radius 2 is 1.90 bits per heavy atom. The van der Waals surface area contributed by atoms with Crippen LogP contribution in [0.5, 0.6) is 0 Å². The van der Waals surface area contributed by atoms with Crippen molar-refractivity contribution in [3.63, 3.8) is 0 Å². The van der Waals surface area contributed by atoms with Crippen LogP contribution in [0.3, 0.4) is 0 Å². The number of aliphatic hydroxyl groups excluding tert-OH is 1. The minimum Gasteiger partial charge on any atom is -0.396 e. The van der Waals surface area contributed by atoms with E-state index in [4.69, 9.17) is 5.11 Å². The van der Waals surface area contributed by atoms with Crippen LogP contribution in [0.2, 0.25) is 0 Å². The van der Waals surface area contributed by atoms with Crippen LogP contribution in [0.4, 0.5) is 0 Å². The molecule has 0 unspecified atom stereocenters. The molecule has 2 heteroatoms. The van der Waals surface area contributed by atoms with Crippen LogP contribution in [0.15, 0.2) is 0 Å². The van der Waals surface area contributed by atoms with Crippen molar-refractivity contribution in [1.29, 1.82) is 0 Å². The van der Waals surface area contributed by atoms with Crippen LogP contribution < -0.4 is 0 Å². The van der Waals surface area contributed by atoms with Gasteiger partial charge in [0.25, 0.3) is 0 Å². The summed E-state index contributed by atoms with van der Waals surface area (Å²) in [7, 11) is 0. The van der Waals surface area contributed by atoms with E-state index in [1.54, 1.807) is 0 Å². The molecule has 0 spiro atoms. The molecular weight excluding hydrogens is 144 g/mol. The first kappa shape index (κ1) is 10.3. The molecular formula is C8H18OS. The van der Waals surface area contributed by atoms with Crippen molar-refractivity contribution >= 4 is 11.8 Å². The SMILES string of the molecule is C[C@H](CCO)SC(C)(C)C. The summed E-state index contributed by atoms with van der Waals surface area (Å²) in [6.45, 7) is 9.07. The quantitative estimate of drug-likeness (QED) is 0.687. The Bertz CT molecular complexity index is 85.7. The molecule has 0 heterocycles. The van der Waals surface area contributed by atoms with Crippen molar-refractivity contribution in [3.05, 3.63) is 0 Å². The van der Waals surface area contributed by atoms with Gasteiger partial charge in [-0.05, 0) is 6.42 Å². The Morgan fingerprint density at radius 3 is 2.20 bits per heavy atom. The van der Waals surface area contributed by atoms with Crippen molar-refractivity contribution < 1.29 is 5.11 Å². The third-order valence-corrected chi connectivity index (χ3v) is 2.44. The Hall–Kier alpha value is 0.310. The number of aliphatic hydroxyl groups is 1. The lowest BCUT2D eigenvalue weighted by Gasteiger charge is -2.22. The first-order valence-electron chi connectivity index (χ1n) is 3.74. The Labute approximate surface area is 68.2 Å². The largest absolute Gasteiger partial charge is 0.396 e. The molecule has 1 atom stereocenters. The second-order valence-corrected chi connectivity index (χ2v) is 5.82. The molecule has 0 aromatic carbocycles. The predicted octanol–water partition coefficient (Wildman–Crippen LogP) is 2.29. The molecule has 0 amide bonds. The lowest BCUT2D eigenvalue weighted by atomic mass is 10.3. The second kappa shape index (κ2) is 4.24. The van der Waals surface area contributed by atoms with E-state index < -0.39 is 0 Å². The molecule has 0 bridgehead atoms. The second-order valence-electron chi connectivity index (χ2n) is 3.55. The van der Waals surface area contributed by atoms with Crippen molar-refractivity contribution in [2.75, 3.05) is 6.61 Å². The third-order valence-electron chi connectivity index (χ3n) is 1.09. The summed E-state index contributed by atoms with van der Waals surface area (Å²) in [6, 6.07) is 0. The van der Waals surface area contributed by atoms with Crippen LogP contribution in [0.1, 0.15) is 34.1 Å². The monoisotopic (exact) mass is 162 g/mol. The van der Waals surface area contributed by atoms with E-state index in [-0.39, 0.29) is 0 Å². The minimum absolute atomic E-state index is 0.310. The molecule has 0 saturated carbocycles. The van der Waals surface area contributed by atoms with Gasteiger partial charge in [0.1, 0.15) is 0 Å². The molecule has 62 valence electrons. The van der Waals surface area contributed by atoms with Crippen LogP contribution in [0, 0.1) is 0 Å². The van der Waals surface area contributed by atoms with Gasteiger partial charge in [-0.1, -0.05) is 27.7 Å². The van der Waals surface area contributed by atoms with Gasteiger partial charge in [0.05, 0.1) is 0 Å². The van der Waals surface area contributed by atoms with Gasteiger partial charge in [-0.2, -0.15) is 11.8 Å². The van der Waals surface area contributed by atoms with E-state index in [1.807, 2.05) is 11.8 Å². The summed E-state index contributed by atoms with van der Waals surface area (Å²) in [5.74, 6) is 0. The fourth-order valence-electron chi connectivity index (χ4n) is 0.844. The Morgan fingerprint density at radius 1 is 1.40 bits per heavy atom. The Balaban J connectivity index is 3.47. The first-order valence-corrected chi connectivity index (χ1v) is 4.62. The van der Waals surface area contributed by atoms with Crippen LogP contribution in [-0.4, -0.2) is 21.7 Å². The fourth-order valence-corrected chi connectivity index (χ4v) is 2.27. The predicted molar refractivity (Wildman–Crippen MR) is 48.5 cm³/mol. The van der Waals surface area contributed by atoms with Crippen LogP contribution >= 0.6 is 11.8 Å². The summed E-state index contributed by atoms with van der Waals surface area (Å²) >= 11 is 1.92. The summed E-state index contributed by atoms with van der Waals surface area (Å²) in [5.41, 5.74) is 0. The zero-order valence-corrected chi connectivity index (χ0v) is 8.16. The number of hydrogen-bond acceptors (Lipinski definition) is 2. The van der Waals surface area contributed by atoms with Gasteiger partial charge in [0.15, 0.2) is 0 Å². The molecule has 0 fully saturated rings. The average Bonchev–Trinajstić information content (AvgIpc) is 1.59. The molecule has 0 aliphatic heterocycles. The maximum Gasteiger partial charge on any atom is 0.0441 e. The van der Waals surface area contributed by atoms with Gasteiger partial charge in [0, 0.05) is 16.6 Å². The van der Waals surface area contributed by atoms with E-state index in [0.29, 0.717) is 16.6 Å². The lowest BCUT2D eigenvalue weighted by Crippen LogP contribution is -2.14. The van der Waals surface area contributed by atoms with Crippen molar-refractivity contribution in [3.8, 4) is 0 Å². The standard InChI is InChI=1S/C8H18OS/c1-7(5-6-9)10-8(2,3)4/h7,9H,5-6H2,1-4H3/t7-/m1/s1.